The van der Waals surface area contributed by atoms with Crippen LogP contribution in [0.15, 0.2) is 70.3 Å². The quantitative estimate of drug-likeness (QED) is 0.0992. The number of hydrogen-bond donors (Lipinski definition) is 0. The van der Waals surface area contributed by atoms with Crippen molar-refractivity contribution in [2.45, 2.75) is 30.9 Å². The van der Waals surface area contributed by atoms with Gasteiger partial charge < -0.3 is 9.47 Å². The first kappa shape index (κ1) is 27.9. The van der Waals surface area contributed by atoms with E-state index in [-0.39, 0.29) is 23.9 Å². The highest BCUT2D eigenvalue weighted by atomic mass is 79.9. The Morgan fingerprint density at radius 3 is 2.50 bits per heavy atom. The Hall–Kier alpha value is -3.15. The van der Waals surface area contributed by atoms with E-state index >= 15 is 0 Å². The summed E-state index contributed by atoms with van der Waals surface area (Å²) in [6.45, 7) is 3.84. The topological polar surface area (TPSA) is 92.3 Å². The number of nitro groups is 1. The van der Waals surface area contributed by atoms with E-state index in [9.17, 15) is 14.5 Å². The molecule has 1 atom stereocenters. The van der Waals surface area contributed by atoms with Crippen molar-refractivity contribution >= 4 is 39.3 Å². The predicted octanol–water partition coefficient (Wildman–Crippen LogP) is 7.22. The molecule has 0 unspecified atom stereocenters. The fraction of sp³-hybridized carbons (Fsp3) is 0.231. The number of halogens is 3. The van der Waals surface area contributed by atoms with Crippen molar-refractivity contribution in [2.75, 3.05) is 13.2 Å². The molecule has 0 saturated carbocycles. The molecule has 0 fully saturated rings. The van der Waals surface area contributed by atoms with Gasteiger partial charge in [-0.15, -0.1) is 10.2 Å². The zero-order chi connectivity index (χ0) is 27.2. The number of aryl methyl sites for hydroxylation is 1. The maximum Gasteiger partial charge on any atom is 0.220 e. The summed E-state index contributed by atoms with van der Waals surface area (Å²) < 4.78 is 27.5. The average Bonchev–Trinajstić information content (AvgIpc) is 3.24. The third-order valence-electron chi connectivity index (χ3n) is 5.44. The maximum absolute atomic E-state index is 13.3. The molecule has 0 spiro atoms. The third-order valence-corrected chi connectivity index (χ3v) is 7.46. The SMILES string of the molecule is CCOc1cc([C@H](C[N+](=O)[O-])Sc2nnc(C)n2-c2ccc(Cl)cc2)cc(Br)c1OCc1ccc(F)cc1. The Bertz CT molecular complexity index is 1420. The van der Waals surface area contributed by atoms with E-state index in [2.05, 4.69) is 26.1 Å². The van der Waals surface area contributed by atoms with Crippen molar-refractivity contribution < 1.29 is 18.8 Å². The second-order valence-corrected chi connectivity index (χ2v) is 10.6. The fourth-order valence-corrected chi connectivity index (χ4v) is 5.55. The number of ether oxygens (including phenoxy) is 2. The molecule has 0 aliphatic heterocycles. The van der Waals surface area contributed by atoms with Crippen LogP contribution in [0.1, 0.15) is 29.1 Å². The van der Waals surface area contributed by atoms with Crippen molar-refractivity contribution in [1.82, 2.24) is 14.8 Å². The van der Waals surface area contributed by atoms with E-state index in [0.717, 1.165) is 11.3 Å². The molecule has 0 bridgehead atoms. The smallest absolute Gasteiger partial charge is 0.220 e. The molecular formula is C26H23BrClFN4O4S. The van der Waals surface area contributed by atoms with E-state index in [1.54, 1.807) is 36.4 Å². The van der Waals surface area contributed by atoms with Gasteiger partial charge in [-0.1, -0.05) is 35.5 Å². The van der Waals surface area contributed by atoms with Gasteiger partial charge in [-0.3, -0.25) is 14.7 Å². The molecule has 3 aromatic carbocycles. The summed E-state index contributed by atoms with van der Waals surface area (Å²) in [5, 5.41) is 20.6. The molecule has 0 saturated heterocycles. The highest BCUT2D eigenvalue weighted by molar-refractivity contribution is 9.10. The van der Waals surface area contributed by atoms with Crippen LogP contribution in [0, 0.1) is 22.9 Å². The molecular weight excluding hydrogens is 599 g/mol. The lowest BCUT2D eigenvalue weighted by Crippen LogP contribution is -2.12. The van der Waals surface area contributed by atoms with Gasteiger partial charge in [-0.25, -0.2) is 4.39 Å². The normalized spacial score (nSPS) is 11.8. The van der Waals surface area contributed by atoms with Gasteiger partial charge in [-0.05, 0) is 89.4 Å². The van der Waals surface area contributed by atoms with Crippen LogP contribution in [-0.2, 0) is 6.61 Å². The number of benzene rings is 3. The molecule has 0 radical (unpaired) electrons. The number of nitrogens with zero attached hydrogens (tertiary/aromatic N) is 4. The van der Waals surface area contributed by atoms with Gasteiger partial charge in [0.25, 0.3) is 0 Å². The van der Waals surface area contributed by atoms with Crippen LogP contribution < -0.4 is 9.47 Å². The number of aromatic nitrogens is 3. The second-order valence-electron chi connectivity index (χ2n) is 8.14. The van der Waals surface area contributed by atoms with Crippen LogP contribution in [0.4, 0.5) is 4.39 Å². The zero-order valence-corrected chi connectivity index (χ0v) is 23.6. The summed E-state index contributed by atoms with van der Waals surface area (Å²) in [6, 6.07) is 16.7. The Labute approximate surface area is 236 Å². The van der Waals surface area contributed by atoms with Gasteiger partial charge in [-0.2, -0.15) is 0 Å². The van der Waals surface area contributed by atoms with Crippen LogP contribution >= 0.6 is 39.3 Å². The molecule has 198 valence electrons. The van der Waals surface area contributed by atoms with Gasteiger partial charge in [0, 0.05) is 15.6 Å². The summed E-state index contributed by atoms with van der Waals surface area (Å²) >= 11 is 10.8. The van der Waals surface area contributed by atoms with E-state index < -0.39 is 5.25 Å². The lowest BCUT2D eigenvalue weighted by atomic mass is 10.1. The van der Waals surface area contributed by atoms with Gasteiger partial charge in [0.05, 0.1) is 11.1 Å². The van der Waals surface area contributed by atoms with E-state index in [0.29, 0.717) is 44.1 Å². The van der Waals surface area contributed by atoms with Gasteiger partial charge in [0.1, 0.15) is 23.5 Å². The van der Waals surface area contributed by atoms with Crippen molar-refractivity contribution in [3.63, 3.8) is 0 Å². The average molecular weight is 622 g/mol. The van der Waals surface area contributed by atoms with Crippen LogP contribution in [0.25, 0.3) is 5.69 Å². The van der Waals surface area contributed by atoms with Crippen molar-refractivity contribution in [3.05, 3.63) is 103 Å². The molecule has 0 N–H and O–H groups in total. The van der Waals surface area contributed by atoms with Crippen LogP contribution in [0.2, 0.25) is 5.02 Å². The van der Waals surface area contributed by atoms with Crippen LogP contribution in [0.3, 0.4) is 0 Å². The molecule has 0 aliphatic carbocycles. The van der Waals surface area contributed by atoms with E-state index in [1.807, 2.05) is 30.5 Å². The maximum atomic E-state index is 13.3. The van der Waals surface area contributed by atoms with Crippen molar-refractivity contribution in [2.24, 2.45) is 0 Å². The summed E-state index contributed by atoms with van der Waals surface area (Å²) in [7, 11) is 0. The zero-order valence-electron chi connectivity index (χ0n) is 20.4. The van der Waals surface area contributed by atoms with Gasteiger partial charge in [0.15, 0.2) is 16.7 Å². The minimum Gasteiger partial charge on any atom is -0.490 e. The Morgan fingerprint density at radius 2 is 1.84 bits per heavy atom. The van der Waals surface area contributed by atoms with Gasteiger partial charge >= 0.3 is 0 Å². The lowest BCUT2D eigenvalue weighted by molar-refractivity contribution is -0.479. The first-order chi connectivity index (χ1) is 18.2. The number of rotatable bonds is 11. The Balaban J connectivity index is 1.66. The summed E-state index contributed by atoms with van der Waals surface area (Å²) in [5.74, 6) is 1.19. The summed E-state index contributed by atoms with van der Waals surface area (Å²) in [5.41, 5.74) is 2.22. The van der Waals surface area contributed by atoms with Crippen molar-refractivity contribution in [3.8, 4) is 17.2 Å². The van der Waals surface area contributed by atoms with E-state index in [1.165, 1.54) is 23.9 Å². The Morgan fingerprint density at radius 1 is 1.13 bits per heavy atom. The first-order valence-electron chi connectivity index (χ1n) is 11.5. The van der Waals surface area contributed by atoms with Crippen LogP contribution in [0.5, 0.6) is 11.5 Å². The van der Waals surface area contributed by atoms with Crippen molar-refractivity contribution in [1.29, 1.82) is 0 Å². The molecule has 0 aliphatic rings. The minimum atomic E-state index is -0.610. The highest BCUT2D eigenvalue weighted by Gasteiger charge is 2.26. The second kappa shape index (κ2) is 12.6. The minimum absolute atomic E-state index is 0.189. The molecule has 4 rings (SSSR count). The van der Waals surface area contributed by atoms with E-state index in [4.69, 9.17) is 21.1 Å². The number of hydrogen-bond acceptors (Lipinski definition) is 7. The molecule has 1 aromatic heterocycles. The first-order valence-corrected chi connectivity index (χ1v) is 13.6. The third kappa shape index (κ3) is 6.83. The molecule has 1 heterocycles. The summed E-state index contributed by atoms with van der Waals surface area (Å²) in [6.07, 6.45) is 0. The molecule has 4 aromatic rings. The standard InChI is InChI=1S/C26H23BrClFN4O4S/c1-3-36-23-13-18(12-22(27)25(23)37-15-17-4-8-20(29)9-5-17)24(14-32(34)35)38-26-31-30-16(2)33(26)21-10-6-19(28)7-11-21/h4-13,24H,3,14-15H2,1-2H3/t24-/m0/s1. The predicted molar refractivity (Wildman–Crippen MR) is 148 cm³/mol. The largest absolute Gasteiger partial charge is 0.490 e. The summed E-state index contributed by atoms with van der Waals surface area (Å²) in [4.78, 5) is 11.3. The fourth-order valence-electron chi connectivity index (χ4n) is 3.69. The lowest BCUT2D eigenvalue weighted by Gasteiger charge is -2.19. The number of thioether (sulfide) groups is 1. The molecule has 8 nitrogen and oxygen atoms in total. The van der Waals surface area contributed by atoms with Gasteiger partial charge in [0.2, 0.25) is 6.54 Å². The molecule has 12 heteroatoms. The molecule has 38 heavy (non-hydrogen) atoms. The highest BCUT2D eigenvalue weighted by Crippen LogP contribution is 2.43. The van der Waals surface area contributed by atoms with Crippen LogP contribution in [-0.4, -0.2) is 32.8 Å². The Kier molecular flexibility index (Phi) is 9.24. The monoisotopic (exact) mass is 620 g/mol. The molecule has 0 amide bonds.